The zero-order valence-electron chi connectivity index (χ0n) is 10.3. The molecule has 0 saturated heterocycles. The van der Waals surface area contributed by atoms with Crippen LogP contribution < -0.4 is 11.1 Å². The molecule has 0 heterocycles. The summed E-state index contributed by atoms with van der Waals surface area (Å²) in [6.07, 6.45) is 0. The van der Waals surface area contributed by atoms with E-state index < -0.39 is 5.91 Å². The quantitative estimate of drug-likeness (QED) is 0.875. The van der Waals surface area contributed by atoms with E-state index in [1.54, 1.807) is 24.3 Å². The summed E-state index contributed by atoms with van der Waals surface area (Å²) in [7, 11) is 0. The number of hydrogen-bond donors (Lipinski definition) is 2. The zero-order chi connectivity index (χ0) is 14.7. The Morgan fingerprint density at radius 1 is 1.10 bits per heavy atom. The molecule has 0 unspecified atom stereocenters. The first-order valence-corrected chi connectivity index (χ1v) is 6.88. The second-order valence-electron chi connectivity index (χ2n) is 4.13. The van der Waals surface area contributed by atoms with Gasteiger partial charge < -0.3 is 11.1 Å². The Morgan fingerprint density at radius 2 is 1.85 bits per heavy atom. The Bertz CT molecular complexity index is 659. The highest BCUT2D eigenvalue weighted by molar-refractivity contribution is 6.42. The predicted molar refractivity (Wildman–Crippen MR) is 83.8 cm³/mol. The van der Waals surface area contributed by atoms with E-state index in [1.165, 1.54) is 0 Å². The van der Waals surface area contributed by atoms with E-state index in [2.05, 4.69) is 5.32 Å². The molecule has 1 amide bonds. The predicted octanol–water partition coefficient (Wildman–Crippen LogP) is 4.36. The van der Waals surface area contributed by atoms with Crippen molar-refractivity contribution in [1.82, 2.24) is 0 Å². The maximum atomic E-state index is 11.2. The Balaban J connectivity index is 2.20. The molecule has 2 aromatic carbocycles. The lowest BCUT2D eigenvalue weighted by molar-refractivity contribution is 0.100. The molecule has 0 bridgehead atoms. The van der Waals surface area contributed by atoms with E-state index in [1.807, 2.05) is 12.1 Å². The maximum Gasteiger partial charge on any atom is 0.248 e. The lowest BCUT2D eigenvalue weighted by Crippen LogP contribution is -2.11. The number of benzene rings is 2. The molecule has 0 aliphatic heterocycles. The zero-order valence-corrected chi connectivity index (χ0v) is 12.6. The molecule has 0 saturated carbocycles. The monoisotopic (exact) mass is 328 g/mol. The number of carbonyl (C=O) groups excluding carboxylic acids is 1. The van der Waals surface area contributed by atoms with Crippen molar-refractivity contribution in [2.45, 2.75) is 6.54 Å². The van der Waals surface area contributed by atoms with Crippen LogP contribution in [0.1, 0.15) is 15.9 Å². The average molecular weight is 330 g/mol. The molecule has 3 N–H and O–H groups in total. The third kappa shape index (κ3) is 3.37. The molecule has 0 aliphatic carbocycles. The SMILES string of the molecule is NC(=O)c1ccc(Cl)c(NCc2cccc(Cl)c2Cl)c1. The highest BCUT2D eigenvalue weighted by Crippen LogP contribution is 2.28. The van der Waals surface area contributed by atoms with E-state index >= 15 is 0 Å². The number of carbonyl (C=O) groups is 1. The Morgan fingerprint density at radius 3 is 2.55 bits per heavy atom. The fourth-order valence-corrected chi connectivity index (χ4v) is 2.26. The van der Waals surface area contributed by atoms with E-state index in [4.69, 9.17) is 40.5 Å². The topological polar surface area (TPSA) is 55.1 Å². The Hall–Kier alpha value is -1.42. The number of rotatable bonds is 4. The summed E-state index contributed by atoms with van der Waals surface area (Å²) < 4.78 is 0. The highest BCUT2D eigenvalue weighted by Gasteiger charge is 2.08. The smallest absolute Gasteiger partial charge is 0.248 e. The number of hydrogen-bond acceptors (Lipinski definition) is 2. The molecular formula is C14H11Cl3N2O. The average Bonchev–Trinajstić information content (AvgIpc) is 2.41. The van der Waals surface area contributed by atoms with Crippen molar-refractivity contribution >= 4 is 46.4 Å². The van der Waals surface area contributed by atoms with Gasteiger partial charge in [0.05, 0.1) is 20.8 Å². The summed E-state index contributed by atoms with van der Waals surface area (Å²) in [5.41, 5.74) is 7.06. The van der Waals surface area contributed by atoms with Crippen LogP contribution >= 0.6 is 34.8 Å². The summed E-state index contributed by atoms with van der Waals surface area (Å²) >= 11 is 18.1. The molecule has 2 rings (SSSR count). The van der Waals surface area contributed by atoms with Crippen molar-refractivity contribution in [2.75, 3.05) is 5.32 Å². The van der Waals surface area contributed by atoms with Gasteiger partial charge in [0, 0.05) is 12.1 Å². The van der Waals surface area contributed by atoms with Crippen LogP contribution in [-0.4, -0.2) is 5.91 Å². The van der Waals surface area contributed by atoms with E-state index in [0.29, 0.717) is 32.9 Å². The fourth-order valence-electron chi connectivity index (χ4n) is 1.69. The second kappa shape index (κ2) is 6.35. The number of nitrogens with two attached hydrogens (primary N) is 1. The van der Waals surface area contributed by atoms with Crippen molar-refractivity contribution in [3.05, 3.63) is 62.6 Å². The molecule has 104 valence electrons. The van der Waals surface area contributed by atoms with Gasteiger partial charge in [-0.25, -0.2) is 0 Å². The molecule has 6 heteroatoms. The third-order valence-electron chi connectivity index (χ3n) is 2.75. The molecule has 2 aromatic rings. The van der Waals surface area contributed by atoms with E-state index in [0.717, 1.165) is 5.56 Å². The number of anilines is 1. The van der Waals surface area contributed by atoms with Gasteiger partial charge >= 0.3 is 0 Å². The fraction of sp³-hybridized carbons (Fsp3) is 0.0714. The van der Waals surface area contributed by atoms with Gasteiger partial charge in [-0.3, -0.25) is 4.79 Å². The van der Waals surface area contributed by atoms with Crippen LogP contribution in [-0.2, 0) is 6.54 Å². The van der Waals surface area contributed by atoms with Crippen molar-refractivity contribution in [2.24, 2.45) is 5.73 Å². The Kier molecular flexibility index (Phi) is 4.76. The van der Waals surface area contributed by atoms with Gasteiger partial charge in [0.2, 0.25) is 5.91 Å². The number of primary amides is 1. The molecule has 0 aromatic heterocycles. The normalized spacial score (nSPS) is 10.3. The van der Waals surface area contributed by atoms with Gasteiger partial charge in [-0.2, -0.15) is 0 Å². The van der Waals surface area contributed by atoms with Crippen LogP contribution in [0.3, 0.4) is 0 Å². The van der Waals surface area contributed by atoms with Gasteiger partial charge in [0.25, 0.3) is 0 Å². The molecule has 20 heavy (non-hydrogen) atoms. The van der Waals surface area contributed by atoms with Crippen LogP contribution in [0.4, 0.5) is 5.69 Å². The molecule has 3 nitrogen and oxygen atoms in total. The first-order chi connectivity index (χ1) is 9.49. The minimum Gasteiger partial charge on any atom is -0.380 e. The second-order valence-corrected chi connectivity index (χ2v) is 5.32. The third-order valence-corrected chi connectivity index (χ3v) is 3.94. The van der Waals surface area contributed by atoms with Gasteiger partial charge in [0.15, 0.2) is 0 Å². The van der Waals surface area contributed by atoms with Crippen molar-refractivity contribution in [3.8, 4) is 0 Å². The molecule has 0 fully saturated rings. The first kappa shape index (κ1) is 15.0. The van der Waals surface area contributed by atoms with Gasteiger partial charge in [0.1, 0.15) is 0 Å². The van der Waals surface area contributed by atoms with Gasteiger partial charge in [-0.05, 0) is 29.8 Å². The van der Waals surface area contributed by atoms with Crippen LogP contribution in [0.25, 0.3) is 0 Å². The van der Waals surface area contributed by atoms with Crippen molar-refractivity contribution in [3.63, 3.8) is 0 Å². The largest absolute Gasteiger partial charge is 0.380 e. The number of amides is 1. The number of halogens is 3. The van der Waals surface area contributed by atoms with Crippen molar-refractivity contribution in [1.29, 1.82) is 0 Å². The molecular weight excluding hydrogens is 319 g/mol. The van der Waals surface area contributed by atoms with Crippen LogP contribution in [0.15, 0.2) is 36.4 Å². The molecule has 0 atom stereocenters. The summed E-state index contributed by atoms with van der Waals surface area (Å²) in [6, 6.07) is 10.2. The molecule has 0 radical (unpaired) electrons. The standard InChI is InChI=1S/C14H11Cl3N2O/c15-10-5-4-8(14(18)20)6-12(10)19-7-9-2-1-3-11(16)13(9)17/h1-6,19H,7H2,(H2,18,20). The summed E-state index contributed by atoms with van der Waals surface area (Å²) in [6.45, 7) is 0.432. The van der Waals surface area contributed by atoms with Crippen LogP contribution in [0, 0.1) is 0 Å². The minimum absolute atomic E-state index is 0.383. The molecule has 0 spiro atoms. The van der Waals surface area contributed by atoms with Crippen LogP contribution in [0.2, 0.25) is 15.1 Å². The summed E-state index contributed by atoms with van der Waals surface area (Å²) in [5, 5.41) is 4.58. The van der Waals surface area contributed by atoms with Crippen molar-refractivity contribution < 1.29 is 4.79 Å². The van der Waals surface area contributed by atoms with Crippen LogP contribution in [0.5, 0.6) is 0 Å². The first-order valence-electron chi connectivity index (χ1n) is 5.75. The number of nitrogens with one attached hydrogen (secondary N) is 1. The molecule has 0 aliphatic rings. The summed E-state index contributed by atoms with van der Waals surface area (Å²) in [4.78, 5) is 11.2. The lowest BCUT2D eigenvalue weighted by Gasteiger charge is -2.11. The highest BCUT2D eigenvalue weighted by atomic mass is 35.5. The Labute approximate surface area is 131 Å². The maximum absolute atomic E-state index is 11.2. The van der Waals surface area contributed by atoms with E-state index in [-0.39, 0.29) is 0 Å². The summed E-state index contributed by atoms with van der Waals surface area (Å²) in [5.74, 6) is -0.509. The minimum atomic E-state index is -0.509. The van der Waals surface area contributed by atoms with Gasteiger partial charge in [-0.15, -0.1) is 0 Å². The lowest BCUT2D eigenvalue weighted by atomic mass is 10.1. The van der Waals surface area contributed by atoms with E-state index in [9.17, 15) is 4.79 Å². The van der Waals surface area contributed by atoms with Gasteiger partial charge in [-0.1, -0.05) is 46.9 Å².